The van der Waals surface area contributed by atoms with Gasteiger partial charge in [0.05, 0.1) is 10.0 Å². The molecule has 2 aromatic rings. The van der Waals surface area contributed by atoms with Crippen LogP contribution in [0.3, 0.4) is 0 Å². The van der Waals surface area contributed by atoms with Crippen molar-refractivity contribution >= 4 is 41.0 Å². The van der Waals surface area contributed by atoms with Crippen LogP contribution in [-0.2, 0) is 9.59 Å². The molecule has 24 heavy (non-hydrogen) atoms. The first-order chi connectivity index (χ1) is 11.4. The van der Waals surface area contributed by atoms with Crippen molar-refractivity contribution in [2.45, 2.75) is 19.8 Å². The van der Waals surface area contributed by atoms with Gasteiger partial charge < -0.3 is 14.3 Å². The second-order valence-corrected chi connectivity index (χ2v) is 6.10. The van der Waals surface area contributed by atoms with Crippen molar-refractivity contribution in [3.05, 3.63) is 28.2 Å². The number of halogens is 2. The van der Waals surface area contributed by atoms with Crippen LogP contribution in [0.2, 0.25) is 10.0 Å². The fraction of sp³-hybridized carbons (Fsp3) is 0.250. The van der Waals surface area contributed by atoms with E-state index < -0.39 is 5.97 Å². The Kier molecular flexibility index (Phi) is 4.43. The van der Waals surface area contributed by atoms with E-state index in [2.05, 4.69) is 0 Å². The molecule has 1 aromatic carbocycles. The van der Waals surface area contributed by atoms with Crippen molar-refractivity contribution in [2.75, 3.05) is 11.4 Å². The van der Waals surface area contributed by atoms with Gasteiger partial charge in [0.25, 0.3) is 5.88 Å². The van der Waals surface area contributed by atoms with Crippen LogP contribution in [-0.4, -0.2) is 23.5 Å². The number of hydrogen-bond acceptors (Lipinski definition) is 5. The lowest BCUT2D eigenvalue weighted by atomic mass is 10.1. The average Bonchev–Trinajstić information content (AvgIpc) is 3.07. The molecule has 1 N–H and O–H groups in total. The molecule has 0 bridgehead atoms. The number of ether oxygens (including phenoxy) is 1. The Bertz CT molecular complexity index is 830. The van der Waals surface area contributed by atoms with Crippen LogP contribution in [0.4, 0.5) is 5.88 Å². The quantitative estimate of drug-likeness (QED) is 0.826. The summed E-state index contributed by atoms with van der Waals surface area (Å²) in [5.74, 6) is -1.32. The van der Waals surface area contributed by atoms with E-state index in [1.807, 2.05) is 0 Å². The standard InChI is InChI=1S/C16H13Cl2NO5/c1-8(20)23-15-13(22)14(9-4-5-10(17)11(18)7-9)24-16(15)19-6-2-3-12(19)21/h4-5,7,22H,2-3,6H2,1H3. The number of aromatic hydroxyl groups is 1. The molecule has 1 aromatic heterocycles. The summed E-state index contributed by atoms with van der Waals surface area (Å²) in [5.41, 5.74) is 0.438. The second-order valence-electron chi connectivity index (χ2n) is 5.29. The van der Waals surface area contributed by atoms with Gasteiger partial charge >= 0.3 is 5.97 Å². The first-order valence-corrected chi connectivity index (χ1v) is 7.94. The summed E-state index contributed by atoms with van der Waals surface area (Å²) in [6, 6.07) is 4.66. The summed E-state index contributed by atoms with van der Waals surface area (Å²) >= 11 is 11.9. The van der Waals surface area contributed by atoms with Gasteiger partial charge in [-0.15, -0.1) is 0 Å². The molecule has 0 spiro atoms. The molecule has 8 heteroatoms. The number of benzene rings is 1. The summed E-state index contributed by atoms with van der Waals surface area (Å²) < 4.78 is 10.7. The molecule has 3 rings (SSSR count). The molecule has 0 aliphatic carbocycles. The summed E-state index contributed by atoms with van der Waals surface area (Å²) in [7, 11) is 0. The van der Waals surface area contributed by atoms with Gasteiger partial charge in [0.15, 0.2) is 5.76 Å². The SMILES string of the molecule is CC(=O)Oc1c(N2CCCC2=O)oc(-c2ccc(Cl)c(Cl)c2)c1O. The molecule has 0 saturated carbocycles. The van der Waals surface area contributed by atoms with Gasteiger partial charge in [-0.1, -0.05) is 23.2 Å². The number of nitrogens with zero attached hydrogens (tertiary/aromatic N) is 1. The number of carbonyl (C=O) groups excluding carboxylic acids is 2. The van der Waals surface area contributed by atoms with Gasteiger partial charge in [0.2, 0.25) is 17.4 Å². The van der Waals surface area contributed by atoms with E-state index in [1.54, 1.807) is 12.1 Å². The molecule has 0 unspecified atom stereocenters. The first kappa shape index (κ1) is 16.7. The molecule has 126 valence electrons. The largest absolute Gasteiger partial charge is 0.502 e. The van der Waals surface area contributed by atoms with Crippen molar-refractivity contribution in [3.63, 3.8) is 0 Å². The number of furan rings is 1. The summed E-state index contributed by atoms with van der Waals surface area (Å²) in [6.45, 7) is 1.61. The van der Waals surface area contributed by atoms with E-state index in [1.165, 1.54) is 17.9 Å². The lowest BCUT2D eigenvalue weighted by Gasteiger charge is -2.13. The number of hydrogen-bond donors (Lipinski definition) is 1. The van der Waals surface area contributed by atoms with Crippen LogP contribution in [0.5, 0.6) is 11.5 Å². The monoisotopic (exact) mass is 369 g/mol. The third-order valence-corrected chi connectivity index (χ3v) is 4.31. The van der Waals surface area contributed by atoms with E-state index in [4.69, 9.17) is 32.4 Å². The minimum Gasteiger partial charge on any atom is -0.502 e. The van der Waals surface area contributed by atoms with E-state index in [0.29, 0.717) is 30.0 Å². The Morgan fingerprint density at radius 2 is 2.08 bits per heavy atom. The van der Waals surface area contributed by atoms with Crippen molar-refractivity contribution in [3.8, 4) is 22.8 Å². The molecule has 0 atom stereocenters. The topological polar surface area (TPSA) is 80.0 Å². The van der Waals surface area contributed by atoms with Crippen LogP contribution in [0, 0.1) is 0 Å². The number of rotatable bonds is 3. The van der Waals surface area contributed by atoms with Gasteiger partial charge in [-0.05, 0) is 24.6 Å². The fourth-order valence-corrected chi connectivity index (χ4v) is 2.80. The smallest absolute Gasteiger partial charge is 0.308 e. The van der Waals surface area contributed by atoms with E-state index in [-0.39, 0.29) is 34.1 Å². The van der Waals surface area contributed by atoms with Crippen molar-refractivity contribution < 1.29 is 23.8 Å². The third kappa shape index (κ3) is 2.95. The van der Waals surface area contributed by atoms with E-state index in [9.17, 15) is 14.7 Å². The number of carbonyl (C=O) groups is 2. The highest BCUT2D eigenvalue weighted by atomic mass is 35.5. The maximum Gasteiger partial charge on any atom is 0.308 e. The van der Waals surface area contributed by atoms with Crippen molar-refractivity contribution in [1.82, 2.24) is 0 Å². The first-order valence-electron chi connectivity index (χ1n) is 7.18. The highest BCUT2D eigenvalue weighted by Gasteiger charge is 2.33. The highest BCUT2D eigenvalue weighted by Crippen LogP contribution is 2.49. The predicted molar refractivity (Wildman–Crippen MR) is 88.7 cm³/mol. The maximum absolute atomic E-state index is 12.0. The maximum atomic E-state index is 12.0. The molecular formula is C16H13Cl2NO5. The fourth-order valence-electron chi connectivity index (χ4n) is 2.51. The molecule has 0 radical (unpaired) electrons. The van der Waals surface area contributed by atoms with Gasteiger partial charge in [0.1, 0.15) is 0 Å². The molecule has 1 aliphatic heterocycles. The molecular weight excluding hydrogens is 357 g/mol. The molecule has 1 saturated heterocycles. The summed E-state index contributed by atoms with van der Waals surface area (Å²) in [6.07, 6.45) is 1.02. The zero-order chi connectivity index (χ0) is 17.4. The lowest BCUT2D eigenvalue weighted by Crippen LogP contribution is -2.24. The lowest BCUT2D eigenvalue weighted by molar-refractivity contribution is -0.132. The van der Waals surface area contributed by atoms with Gasteiger partial charge in [0, 0.05) is 25.5 Å². The Hall–Kier alpha value is -2.18. The molecule has 2 heterocycles. The van der Waals surface area contributed by atoms with E-state index >= 15 is 0 Å². The minimum absolute atomic E-state index is 0.00581. The van der Waals surface area contributed by atoms with Gasteiger partial charge in [-0.3, -0.25) is 14.5 Å². The molecule has 1 aliphatic rings. The van der Waals surface area contributed by atoms with Gasteiger partial charge in [-0.25, -0.2) is 0 Å². The summed E-state index contributed by atoms with van der Waals surface area (Å²) in [4.78, 5) is 24.7. The Labute approximate surface area is 147 Å². The van der Waals surface area contributed by atoms with Crippen LogP contribution in [0.1, 0.15) is 19.8 Å². The number of amides is 1. The normalized spacial score (nSPS) is 14.3. The Morgan fingerprint density at radius 1 is 1.33 bits per heavy atom. The third-order valence-electron chi connectivity index (χ3n) is 3.57. The second kappa shape index (κ2) is 6.37. The molecule has 1 fully saturated rings. The Balaban J connectivity index is 2.13. The number of anilines is 1. The zero-order valence-electron chi connectivity index (χ0n) is 12.6. The Morgan fingerprint density at radius 3 is 2.67 bits per heavy atom. The van der Waals surface area contributed by atoms with Crippen LogP contribution in [0.25, 0.3) is 11.3 Å². The van der Waals surface area contributed by atoms with Gasteiger partial charge in [-0.2, -0.15) is 0 Å². The van der Waals surface area contributed by atoms with Crippen molar-refractivity contribution in [1.29, 1.82) is 0 Å². The average molecular weight is 370 g/mol. The zero-order valence-corrected chi connectivity index (χ0v) is 14.1. The van der Waals surface area contributed by atoms with Crippen LogP contribution < -0.4 is 9.64 Å². The molecule has 6 nitrogen and oxygen atoms in total. The van der Waals surface area contributed by atoms with Crippen LogP contribution in [0.15, 0.2) is 22.6 Å². The highest BCUT2D eigenvalue weighted by molar-refractivity contribution is 6.42. The van der Waals surface area contributed by atoms with Crippen molar-refractivity contribution in [2.24, 2.45) is 0 Å². The minimum atomic E-state index is -0.639. The molecule has 1 amide bonds. The predicted octanol–water partition coefficient (Wildman–Crippen LogP) is 4.01. The van der Waals surface area contributed by atoms with Crippen LogP contribution >= 0.6 is 23.2 Å². The number of esters is 1. The van der Waals surface area contributed by atoms with E-state index in [0.717, 1.165) is 0 Å². The summed E-state index contributed by atoms with van der Waals surface area (Å²) in [5, 5.41) is 11.1.